The van der Waals surface area contributed by atoms with Crippen molar-refractivity contribution in [2.45, 2.75) is 19.3 Å². The number of hydrogen-bond acceptors (Lipinski definition) is 3. The molecule has 2 rings (SSSR count). The lowest BCUT2D eigenvalue weighted by Crippen LogP contribution is -2.25. The minimum Gasteiger partial charge on any atom is -0.497 e. The second kappa shape index (κ2) is 9.74. The van der Waals surface area contributed by atoms with E-state index in [1.165, 1.54) is 0 Å². The number of rotatable bonds is 7. The summed E-state index contributed by atoms with van der Waals surface area (Å²) in [5.74, 6) is 0.884. The first-order valence-electron chi connectivity index (χ1n) is 7.42. The second-order valence-corrected chi connectivity index (χ2v) is 5.15. The first-order valence-corrected chi connectivity index (χ1v) is 7.42. The summed E-state index contributed by atoms with van der Waals surface area (Å²) in [6.45, 7) is 0.621. The van der Waals surface area contributed by atoms with Crippen molar-refractivity contribution in [2.75, 3.05) is 19.4 Å². The fourth-order valence-corrected chi connectivity index (χ4v) is 2.27. The quantitative estimate of drug-likeness (QED) is 0.765. The van der Waals surface area contributed by atoms with Crippen molar-refractivity contribution in [1.29, 1.82) is 0 Å². The number of nitrogens with two attached hydrogens (primary N) is 1. The van der Waals surface area contributed by atoms with E-state index < -0.39 is 0 Å². The monoisotopic (exact) mass is 334 g/mol. The molecule has 0 aliphatic heterocycles. The summed E-state index contributed by atoms with van der Waals surface area (Å²) in [5, 5.41) is 2.94. The lowest BCUT2D eigenvalue weighted by Gasteiger charge is -2.08. The molecule has 1 amide bonds. The van der Waals surface area contributed by atoms with Gasteiger partial charge in [0.2, 0.25) is 5.91 Å². The van der Waals surface area contributed by atoms with Crippen LogP contribution < -0.4 is 15.8 Å². The van der Waals surface area contributed by atoms with E-state index in [-0.39, 0.29) is 18.3 Å². The maximum absolute atomic E-state index is 11.9. The van der Waals surface area contributed by atoms with Crippen molar-refractivity contribution in [3.05, 3.63) is 59.7 Å². The van der Waals surface area contributed by atoms with Crippen LogP contribution in [0.15, 0.2) is 48.5 Å². The Morgan fingerprint density at radius 2 is 1.91 bits per heavy atom. The van der Waals surface area contributed by atoms with Crippen LogP contribution in [0.1, 0.15) is 17.5 Å². The molecule has 3 N–H and O–H groups in total. The van der Waals surface area contributed by atoms with Crippen LogP contribution in [0.4, 0.5) is 5.69 Å². The largest absolute Gasteiger partial charge is 0.497 e. The molecule has 0 saturated heterocycles. The smallest absolute Gasteiger partial charge is 0.220 e. The SMILES string of the molecule is COc1cccc(CCNC(=O)CCc2ccccc2N)c1.Cl. The number of amides is 1. The van der Waals surface area contributed by atoms with Gasteiger partial charge in [0.15, 0.2) is 0 Å². The van der Waals surface area contributed by atoms with E-state index in [2.05, 4.69) is 5.32 Å². The molecule has 0 bridgehead atoms. The molecule has 0 aliphatic rings. The lowest BCUT2D eigenvalue weighted by atomic mass is 10.1. The summed E-state index contributed by atoms with van der Waals surface area (Å²) in [4.78, 5) is 11.9. The minimum atomic E-state index is 0. The van der Waals surface area contributed by atoms with Crippen molar-refractivity contribution in [2.24, 2.45) is 0 Å². The van der Waals surface area contributed by atoms with E-state index in [0.717, 1.165) is 29.0 Å². The Balaban J connectivity index is 0.00000264. The maximum Gasteiger partial charge on any atom is 0.220 e. The number of aryl methyl sites for hydroxylation is 1. The molecule has 2 aromatic carbocycles. The standard InChI is InChI=1S/C18H22N2O2.ClH/c1-22-16-7-4-5-14(13-16)11-12-20-18(21)10-9-15-6-2-3-8-17(15)19;/h2-8,13H,9-12,19H2,1H3,(H,20,21);1H. The number of para-hydroxylation sites is 1. The number of halogens is 1. The summed E-state index contributed by atoms with van der Waals surface area (Å²) in [6, 6.07) is 15.5. The summed E-state index contributed by atoms with van der Waals surface area (Å²) in [5.41, 5.74) is 8.77. The molecular weight excluding hydrogens is 312 g/mol. The van der Waals surface area contributed by atoms with Gasteiger partial charge < -0.3 is 15.8 Å². The van der Waals surface area contributed by atoms with Crippen LogP contribution in [-0.2, 0) is 17.6 Å². The van der Waals surface area contributed by atoms with E-state index in [1.54, 1.807) is 7.11 Å². The average molecular weight is 335 g/mol. The highest BCUT2D eigenvalue weighted by Crippen LogP contribution is 2.13. The number of hydrogen-bond donors (Lipinski definition) is 2. The molecule has 0 spiro atoms. The number of carbonyl (C=O) groups excluding carboxylic acids is 1. The number of ether oxygens (including phenoxy) is 1. The van der Waals surface area contributed by atoms with Crippen LogP contribution in [0.2, 0.25) is 0 Å². The van der Waals surface area contributed by atoms with Crippen LogP contribution in [0.25, 0.3) is 0 Å². The third-order valence-corrected chi connectivity index (χ3v) is 3.55. The Morgan fingerprint density at radius 3 is 2.65 bits per heavy atom. The fourth-order valence-electron chi connectivity index (χ4n) is 2.27. The second-order valence-electron chi connectivity index (χ2n) is 5.15. The molecule has 124 valence electrons. The number of nitrogen functional groups attached to an aromatic ring is 1. The van der Waals surface area contributed by atoms with Gasteiger partial charge in [0.1, 0.15) is 5.75 Å². The summed E-state index contributed by atoms with van der Waals surface area (Å²) in [7, 11) is 1.65. The van der Waals surface area contributed by atoms with E-state index in [1.807, 2.05) is 48.5 Å². The molecule has 4 nitrogen and oxygen atoms in total. The predicted octanol–water partition coefficient (Wildman–Crippen LogP) is 2.99. The van der Waals surface area contributed by atoms with Gasteiger partial charge in [-0.1, -0.05) is 30.3 Å². The zero-order valence-corrected chi connectivity index (χ0v) is 14.1. The topological polar surface area (TPSA) is 64.3 Å². The Labute approximate surface area is 143 Å². The van der Waals surface area contributed by atoms with Gasteiger partial charge in [-0.25, -0.2) is 0 Å². The van der Waals surface area contributed by atoms with Crippen molar-refractivity contribution < 1.29 is 9.53 Å². The number of benzene rings is 2. The van der Waals surface area contributed by atoms with E-state index >= 15 is 0 Å². The summed E-state index contributed by atoms with van der Waals surface area (Å²) < 4.78 is 5.18. The fraction of sp³-hybridized carbons (Fsp3) is 0.278. The highest BCUT2D eigenvalue weighted by Gasteiger charge is 2.04. The molecule has 0 fully saturated rings. The van der Waals surface area contributed by atoms with Gasteiger partial charge in [0, 0.05) is 18.7 Å². The molecule has 0 aliphatic carbocycles. The van der Waals surface area contributed by atoms with Gasteiger partial charge in [-0.3, -0.25) is 4.79 Å². The minimum absolute atomic E-state index is 0. The number of carbonyl (C=O) groups is 1. The molecule has 0 radical (unpaired) electrons. The van der Waals surface area contributed by atoms with Gasteiger partial charge >= 0.3 is 0 Å². The molecular formula is C18H23ClN2O2. The van der Waals surface area contributed by atoms with Crippen LogP contribution in [0.5, 0.6) is 5.75 Å². The van der Waals surface area contributed by atoms with Crippen molar-refractivity contribution in [3.63, 3.8) is 0 Å². The summed E-state index contributed by atoms with van der Waals surface area (Å²) >= 11 is 0. The van der Waals surface area contributed by atoms with E-state index in [4.69, 9.17) is 10.5 Å². The van der Waals surface area contributed by atoms with Crippen molar-refractivity contribution in [3.8, 4) is 5.75 Å². The summed E-state index contributed by atoms with van der Waals surface area (Å²) in [6.07, 6.45) is 1.90. The van der Waals surface area contributed by atoms with Gasteiger partial charge in [0.05, 0.1) is 7.11 Å². The zero-order chi connectivity index (χ0) is 15.8. The zero-order valence-electron chi connectivity index (χ0n) is 13.2. The van der Waals surface area contributed by atoms with E-state index in [0.29, 0.717) is 19.4 Å². The van der Waals surface area contributed by atoms with Crippen LogP contribution >= 0.6 is 12.4 Å². The molecule has 0 atom stereocenters. The van der Waals surface area contributed by atoms with Gasteiger partial charge in [-0.15, -0.1) is 12.4 Å². The Kier molecular flexibility index (Phi) is 7.98. The van der Waals surface area contributed by atoms with Crippen molar-refractivity contribution >= 4 is 24.0 Å². The van der Waals surface area contributed by atoms with Gasteiger partial charge in [-0.05, 0) is 42.2 Å². The molecule has 0 saturated carbocycles. The Hall–Kier alpha value is -2.20. The highest BCUT2D eigenvalue weighted by molar-refractivity contribution is 5.85. The van der Waals surface area contributed by atoms with Gasteiger partial charge in [0.25, 0.3) is 0 Å². The third kappa shape index (κ3) is 6.20. The lowest BCUT2D eigenvalue weighted by molar-refractivity contribution is -0.121. The number of methoxy groups -OCH3 is 1. The number of nitrogens with one attached hydrogen (secondary N) is 1. The van der Waals surface area contributed by atoms with Crippen LogP contribution in [-0.4, -0.2) is 19.6 Å². The van der Waals surface area contributed by atoms with Gasteiger partial charge in [-0.2, -0.15) is 0 Å². The first kappa shape index (κ1) is 18.8. The normalized spacial score (nSPS) is 9.78. The van der Waals surface area contributed by atoms with Crippen LogP contribution in [0.3, 0.4) is 0 Å². The molecule has 0 aromatic heterocycles. The Morgan fingerprint density at radius 1 is 1.13 bits per heavy atom. The molecule has 23 heavy (non-hydrogen) atoms. The molecule has 0 unspecified atom stereocenters. The van der Waals surface area contributed by atoms with Crippen LogP contribution in [0, 0.1) is 0 Å². The average Bonchev–Trinajstić information content (AvgIpc) is 2.54. The third-order valence-electron chi connectivity index (χ3n) is 3.55. The highest BCUT2D eigenvalue weighted by atomic mass is 35.5. The molecule has 0 heterocycles. The number of anilines is 1. The van der Waals surface area contributed by atoms with E-state index in [9.17, 15) is 4.79 Å². The maximum atomic E-state index is 11.9. The first-order chi connectivity index (χ1) is 10.7. The molecule has 5 heteroatoms. The predicted molar refractivity (Wildman–Crippen MR) is 96.1 cm³/mol. The molecule has 2 aromatic rings. The Bertz CT molecular complexity index is 632. The van der Waals surface area contributed by atoms with Crippen molar-refractivity contribution in [1.82, 2.24) is 5.32 Å².